The van der Waals surface area contributed by atoms with Gasteiger partial charge in [-0.2, -0.15) is 11.8 Å². The third kappa shape index (κ3) is 6.60. The lowest BCUT2D eigenvalue weighted by atomic mass is 10.1. The average molecular weight is 467 g/mol. The lowest BCUT2D eigenvalue weighted by Gasteiger charge is -2.28. The monoisotopic (exact) mass is 466 g/mol. The summed E-state index contributed by atoms with van der Waals surface area (Å²) in [5, 5.41) is 4.35. The zero-order valence-electron chi connectivity index (χ0n) is 17.7. The van der Waals surface area contributed by atoms with Gasteiger partial charge in [0.25, 0.3) is 5.91 Å². The summed E-state index contributed by atoms with van der Waals surface area (Å²) in [5.41, 5.74) is 1.69. The van der Waals surface area contributed by atoms with Crippen LogP contribution in [-0.2, 0) is 19.8 Å². The van der Waals surface area contributed by atoms with Crippen molar-refractivity contribution in [2.24, 2.45) is 0 Å². The van der Waals surface area contributed by atoms with E-state index in [0.717, 1.165) is 23.6 Å². The number of benzene rings is 2. The SMILES string of the molecule is CCOc1ccccc1OCC(=O)N[C@H](CSC)Cc1ccc(OC)c(N2OSO2)c1. The molecule has 1 saturated heterocycles. The predicted octanol–water partition coefficient (Wildman–Crippen LogP) is 3.81. The Kier molecular flexibility index (Phi) is 9.01. The molecule has 0 radical (unpaired) electrons. The van der Waals surface area contributed by atoms with Gasteiger partial charge in [0.1, 0.15) is 11.4 Å². The minimum absolute atomic E-state index is 0.0675. The summed E-state index contributed by atoms with van der Waals surface area (Å²) in [5.74, 6) is 2.38. The van der Waals surface area contributed by atoms with Crippen molar-refractivity contribution in [3.8, 4) is 17.2 Å². The van der Waals surface area contributed by atoms with Crippen molar-refractivity contribution < 1.29 is 27.6 Å². The number of ether oxygens (including phenoxy) is 3. The van der Waals surface area contributed by atoms with Crippen LogP contribution in [0.25, 0.3) is 0 Å². The van der Waals surface area contributed by atoms with Crippen molar-refractivity contribution >= 4 is 35.7 Å². The van der Waals surface area contributed by atoms with E-state index in [1.807, 2.05) is 49.6 Å². The van der Waals surface area contributed by atoms with E-state index in [9.17, 15) is 4.79 Å². The van der Waals surface area contributed by atoms with Gasteiger partial charge in [0.05, 0.1) is 13.7 Å². The van der Waals surface area contributed by atoms with Gasteiger partial charge >= 0.3 is 0 Å². The highest BCUT2D eigenvalue weighted by Gasteiger charge is 2.25. The molecule has 31 heavy (non-hydrogen) atoms. The zero-order chi connectivity index (χ0) is 22.1. The second-order valence-corrected chi connectivity index (χ2v) is 7.92. The van der Waals surface area contributed by atoms with E-state index in [-0.39, 0.29) is 18.6 Å². The van der Waals surface area contributed by atoms with E-state index in [1.165, 1.54) is 5.23 Å². The van der Waals surface area contributed by atoms with Gasteiger partial charge in [-0.05, 0) is 49.4 Å². The first-order valence-corrected chi connectivity index (χ1v) is 11.8. The topological polar surface area (TPSA) is 78.5 Å². The van der Waals surface area contributed by atoms with Gasteiger partial charge in [0.15, 0.2) is 18.1 Å². The van der Waals surface area contributed by atoms with Gasteiger partial charge in [-0.25, -0.2) is 0 Å². The molecule has 168 valence electrons. The maximum atomic E-state index is 12.5. The number of rotatable bonds is 12. The second-order valence-electron chi connectivity index (χ2n) is 6.57. The van der Waals surface area contributed by atoms with Crippen LogP contribution < -0.4 is 24.8 Å². The lowest BCUT2D eigenvalue weighted by Crippen LogP contribution is -2.40. The molecule has 1 amide bonds. The number of hydrogen-bond acceptors (Lipinski definition) is 9. The normalized spacial score (nSPS) is 13.8. The minimum Gasteiger partial charge on any atom is -0.494 e. The number of amides is 1. The summed E-state index contributed by atoms with van der Waals surface area (Å²) < 4.78 is 26.9. The first kappa shape index (κ1) is 23.4. The second kappa shape index (κ2) is 11.9. The Hall–Kier alpha value is -2.27. The first-order chi connectivity index (χ1) is 15.1. The van der Waals surface area contributed by atoms with Crippen LogP contribution in [0.5, 0.6) is 17.2 Å². The smallest absolute Gasteiger partial charge is 0.258 e. The van der Waals surface area contributed by atoms with Gasteiger partial charge in [-0.1, -0.05) is 23.4 Å². The van der Waals surface area contributed by atoms with E-state index in [4.69, 9.17) is 22.8 Å². The fraction of sp³-hybridized carbons (Fsp3) is 0.381. The molecule has 0 saturated carbocycles. The number of carbonyl (C=O) groups is 1. The number of carbonyl (C=O) groups excluding carboxylic acids is 1. The number of methoxy groups -OCH3 is 1. The Bertz CT molecular complexity index is 866. The minimum atomic E-state index is -0.190. The molecule has 10 heteroatoms. The molecule has 1 N–H and O–H groups in total. The van der Waals surface area contributed by atoms with Crippen molar-refractivity contribution in [2.45, 2.75) is 19.4 Å². The van der Waals surface area contributed by atoms with E-state index in [1.54, 1.807) is 24.9 Å². The molecule has 0 bridgehead atoms. The molecule has 1 aliphatic heterocycles. The third-order valence-electron chi connectivity index (χ3n) is 4.36. The van der Waals surface area contributed by atoms with Crippen LogP contribution in [0.2, 0.25) is 0 Å². The number of anilines is 1. The standard InChI is InChI=1S/C21H26N2O6S2/c1-4-26-19-7-5-6-8-20(19)27-13-21(24)22-16(14-30-3)11-15-9-10-18(25-2)17(12-15)23-28-31-29-23/h5-10,12,16H,4,11,13-14H2,1-3H3,(H,22,24)/t16-/m0/s1. The quantitative estimate of drug-likeness (QED) is 0.470. The zero-order valence-corrected chi connectivity index (χ0v) is 19.3. The van der Waals surface area contributed by atoms with Crippen molar-refractivity contribution in [1.82, 2.24) is 5.32 Å². The molecule has 0 spiro atoms. The van der Waals surface area contributed by atoms with E-state index >= 15 is 0 Å². The van der Waals surface area contributed by atoms with Gasteiger partial charge in [0.2, 0.25) is 12.3 Å². The highest BCUT2D eigenvalue weighted by Crippen LogP contribution is 2.38. The van der Waals surface area contributed by atoms with Gasteiger partial charge < -0.3 is 19.5 Å². The molecular weight excluding hydrogens is 440 g/mol. The average Bonchev–Trinajstić information content (AvgIpc) is 2.72. The maximum Gasteiger partial charge on any atom is 0.258 e. The van der Waals surface area contributed by atoms with Crippen LogP contribution in [0.15, 0.2) is 42.5 Å². The van der Waals surface area contributed by atoms with Crippen LogP contribution in [0.4, 0.5) is 5.69 Å². The summed E-state index contributed by atoms with van der Waals surface area (Å²) in [7, 11) is 1.59. The Balaban J connectivity index is 1.60. The highest BCUT2D eigenvalue weighted by atomic mass is 32.2. The summed E-state index contributed by atoms with van der Waals surface area (Å²) in [6.45, 7) is 2.34. The maximum absolute atomic E-state index is 12.5. The fourth-order valence-electron chi connectivity index (χ4n) is 3.04. The summed E-state index contributed by atoms with van der Waals surface area (Å²) in [4.78, 5) is 12.5. The number of thioether (sulfide) groups is 1. The van der Waals surface area contributed by atoms with Crippen LogP contribution in [0.1, 0.15) is 12.5 Å². The van der Waals surface area contributed by atoms with Crippen molar-refractivity contribution in [3.63, 3.8) is 0 Å². The van der Waals surface area contributed by atoms with Gasteiger partial charge in [-0.15, -0.1) is 8.57 Å². The Morgan fingerprint density at radius 2 is 1.90 bits per heavy atom. The number of nitrogens with zero attached hydrogens (tertiary/aromatic N) is 1. The molecule has 2 aromatic rings. The van der Waals surface area contributed by atoms with E-state index in [0.29, 0.717) is 36.0 Å². The van der Waals surface area contributed by atoms with Crippen LogP contribution in [0, 0.1) is 0 Å². The van der Waals surface area contributed by atoms with Crippen LogP contribution in [-0.4, -0.2) is 44.3 Å². The number of nitrogens with one attached hydrogen (secondary N) is 1. The van der Waals surface area contributed by atoms with E-state index < -0.39 is 0 Å². The molecule has 8 nitrogen and oxygen atoms in total. The predicted molar refractivity (Wildman–Crippen MR) is 122 cm³/mol. The summed E-state index contributed by atoms with van der Waals surface area (Å²) in [6, 6.07) is 13.0. The molecule has 3 rings (SSSR count). The summed E-state index contributed by atoms with van der Waals surface area (Å²) in [6.07, 6.45) is 2.65. The lowest BCUT2D eigenvalue weighted by molar-refractivity contribution is -0.123. The Morgan fingerprint density at radius 3 is 2.52 bits per heavy atom. The first-order valence-electron chi connectivity index (χ1n) is 9.76. The largest absolute Gasteiger partial charge is 0.494 e. The van der Waals surface area contributed by atoms with Gasteiger partial charge in [0, 0.05) is 11.8 Å². The summed E-state index contributed by atoms with van der Waals surface area (Å²) >= 11 is 2.56. The van der Waals surface area contributed by atoms with Gasteiger partial charge in [-0.3, -0.25) is 4.79 Å². The molecule has 0 aromatic heterocycles. The molecule has 0 aliphatic carbocycles. The van der Waals surface area contributed by atoms with Crippen molar-refractivity contribution in [2.75, 3.05) is 37.6 Å². The molecule has 1 heterocycles. The van der Waals surface area contributed by atoms with Crippen molar-refractivity contribution in [1.29, 1.82) is 0 Å². The molecular formula is C21H26N2O6S2. The molecule has 1 atom stereocenters. The Labute approximate surface area is 190 Å². The molecule has 1 fully saturated rings. The third-order valence-corrected chi connectivity index (χ3v) is 5.49. The Morgan fingerprint density at radius 1 is 1.16 bits per heavy atom. The number of para-hydroxylation sites is 2. The molecule has 2 aromatic carbocycles. The van der Waals surface area contributed by atoms with Crippen LogP contribution >= 0.6 is 24.1 Å². The fourth-order valence-corrected chi connectivity index (χ4v) is 3.93. The number of hydrogen-bond donors (Lipinski definition) is 1. The molecule has 1 aliphatic rings. The van der Waals surface area contributed by atoms with Crippen LogP contribution in [0.3, 0.4) is 0 Å². The van der Waals surface area contributed by atoms with Crippen molar-refractivity contribution in [3.05, 3.63) is 48.0 Å². The van der Waals surface area contributed by atoms with E-state index in [2.05, 4.69) is 5.32 Å². The molecule has 0 unspecified atom stereocenters. The highest BCUT2D eigenvalue weighted by molar-refractivity contribution is 7.98.